The fourth-order valence-corrected chi connectivity index (χ4v) is 5.38. The molecule has 12 heteroatoms. The molecule has 1 aliphatic rings. The Morgan fingerprint density at radius 3 is 2.36 bits per heavy atom. The molecule has 1 aromatic carbocycles. The van der Waals surface area contributed by atoms with Gasteiger partial charge in [-0.3, -0.25) is 14.4 Å². The second kappa shape index (κ2) is 16.0. The number of carbonyl (C=O) groups is 3. The summed E-state index contributed by atoms with van der Waals surface area (Å²) < 4.78 is 0. The van der Waals surface area contributed by atoms with Gasteiger partial charge in [-0.1, -0.05) is 49.0 Å². The maximum atomic E-state index is 12.3. The van der Waals surface area contributed by atoms with Crippen LogP contribution in [0.15, 0.2) is 35.4 Å². The minimum atomic E-state index is -0.731. The van der Waals surface area contributed by atoms with Gasteiger partial charge in [-0.15, -0.1) is 0 Å². The molecule has 2 amide bonds. The van der Waals surface area contributed by atoms with Crippen LogP contribution in [-0.2, 0) is 20.8 Å². The Morgan fingerprint density at radius 2 is 1.85 bits per heavy atom. The van der Waals surface area contributed by atoms with Crippen molar-refractivity contribution in [2.24, 2.45) is 11.5 Å². The maximum absolute atomic E-state index is 12.3. The van der Waals surface area contributed by atoms with Crippen LogP contribution in [0.4, 0.5) is 5.82 Å². The number of nitrogens with two attached hydrogens (primary N) is 2. The number of benzene rings is 1. The lowest BCUT2D eigenvalue weighted by Gasteiger charge is -2.34. The van der Waals surface area contributed by atoms with Crippen molar-refractivity contribution < 1.29 is 19.5 Å². The number of aromatic nitrogens is 1. The van der Waals surface area contributed by atoms with Gasteiger partial charge < -0.3 is 26.8 Å². The van der Waals surface area contributed by atoms with Gasteiger partial charge >= 0.3 is 0 Å². The minimum absolute atomic E-state index is 0.00141. The van der Waals surface area contributed by atoms with Crippen molar-refractivity contribution in [1.82, 2.24) is 10.3 Å². The molecule has 2 aromatic rings. The average Bonchev–Trinajstić information content (AvgIpc) is 2.95. The first kappa shape index (κ1) is 31.1. The molecule has 206 valence electrons. The monoisotopic (exact) mass is 551 g/mol. The largest absolute Gasteiger partial charge is 0.483 e. The Hall–Kier alpha value is -4.13. The van der Waals surface area contributed by atoms with Crippen molar-refractivity contribution >= 4 is 35.9 Å². The Balaban J connectivity index is 0.00000170. The van der Waals surface area contributed by atoms with E-state index in [0.717, 1.165) is 17.3 Å². The van der Waals surface area contributed by atoms with E-state index in [1.807, 2.05) is 42.2 Å². The smallest absolute Gasteiger partial charge is 0.290 e. The van der Waals surface area contributed by atoms with Crippen LogP contribution < -0.4 is 21.7 Å². The zero-order valence-corrected chi connectivity index (χ0v) is 22.6. The van der Waals surface area contributed by atoms with E-state index in [4.69, 9.17) is 26.4 Å². The van der Waals surface area contributed by atoms with E-state index in [1.165, 1.54) is 0 Å². The molecule has 0 aliphatic carbocycles. The third-order valence-corrected chi connectivity index (χ3v) is 7.44. The van der Waals surface area contributed by atoms with Crippen LogP contribution in [-0.4, -0.2) is 54.1 Å². The number of thioether (sulfide) groups is 1. The van der Waals surface area contributed by atoms with Gasteiger partial charge in [0, 0.05) is 25.6 Å². The maximum Gasteiger partial charge on any atom is 0.290 e. The van der Waals surface area contributed by atoms with E-state index in [9.17, 15) is 20.1 Å². The SMILES string of the molecule is CCc1c(C#N)c(SC(C(N)=O)c2ccccc2)nc(N2CCC(NC(=O)CCCN)CC2)c1C#N.O=CO. The quantitative estimate of drug-likeness (QED) is 0.251. The van der Waals surface area contributed by atoms with E-state index in [2.05, 4.69) is 17.5 Å². The molecule has 1 saturated heterocycles. The summed E-state index contributed by atoms with van der Waals surface area (Å²) in [7, 11) is 0. The number of nitriles is 2. The second-order valence-corrected chi connectivity index (χ2v) is 9.78. The van der Waals surface area contributed by atoms with E-state index in [0.29, 0.717) is 79.3 Å². The number of carboxylic acid groups (broad SMARTS) is 1. The van der Waals surface area contributed by atoms with Crippen molar-refractivity contribution in [1.29, 1.82) is 10.5 Å². The van der Waals surface area contributed by atoms with Crippen molar-refractivity contribution in [3.8, 4) is 12.1 Å². The van der Waals surface area contributed by atoms with Crippen LogP contribution in [0.1, 0.15) is 60.1 Å². The number of piperidine rings is 1. The standard InChI is InChI=1S/C26H31N7O2S.CH2O2/c1-2-19-20(15-28)25(33-13-10-18(11-14-33)31-22(34)9-6-12-27)32-26(21(19)16-29)36-23(24(30)35)17-7-4-3-5-8-17;2-1-3/h3-5,7-8,18,23H,2,6,9-14,27H2,1H3,(H2,30,35)(H,31,34);1H,(H,2,3). The molecule has 11 nitrogen and oxygen atoms in total. The van der Waals surface area contributed by atoms with E-state index in [-0.39, 0.29) is 18.4 Å². The zero-order valence-electron chi connectivity index (χ0n) is 21.8. The summed E-state index contributed by atoms with van der Waals surface area (Å²) in [5, 5.41) is 29.6. The van der Waals surface area contributed by atoms with E-state index in [1.54, 1.807) is 0 Å². The Morgan fingerprint density at radius 1 is 1.23 bits per heavy atom. The average molecular weight is 552 g/mol. The topological polar surface area (TPSA) is 199 Å². The molecule has 2 heterocycles. The number of hydrogen-bond acceptors (Lipinski definition) is 9. The number of nitrogens with one attached hydrogen (secondary N) is 1. The number of nitrogens with zero attached hydrogens (tertiary/aromatic N) is 4. The molecular weight excluding hydrogens is 518 g/mol. The van der Waals surface area contributed by atoms with Crippen LogP contribution in [0.25, 0.3) is 0 Å². The summed E-state index contributed by atoms with van der Waals surface area (Å²) in [6.07, 6.45) is 2.95. The molecule has 6 N–H and O–H groups in total. The highest BCUT2D eigenvalue weighted by Crippen LogP contribution is 2.39. The van der Waals surface area contributed by atoms with Gasteiger partial charge in [0.1, 0.15) is 28.2 Å². The van der Waals surface area contributed by atoms with Gasteiger partial charge in [-0.05, 0) is 43.4 Å². The summed E-state index contributed by atoms with van der Waals surface area (Å²) >= 11 is 1.13. The number of rotatable bonds is 10. The van der Waals surface area contributed by atoms with Crippen LogP contribution >= 0.6 is 11.8 Å². The first-order valence-corrected chi connectivity index (χ1v) is 13.4. The van der Waals surface area contributed by atoms with Crippen LogP contribution in [0.3, 0.4) is 0 Å². The summed E-state index contributed by atoms with van der Waals surface area (Å²) in [4.78, 5) is 39.6. The lowest BCUT2D eigenvalue weighted by molar-refractivity contribution is -0.123. The highest BCUT2D eigenvalue weighted by molar-refractivity contribution is 8.00. The number of primary amides is 1. The first-order chi connectivity index (χ1) is 18.8. The molecule has 0 radical (unpaired) electrons. The van der Waals surface area contributed by atoms with Crippen molar-refractivity contribution in [2.45, 2.75) is 55.3 Å². The number of carbonyl (C=O) groups excluding carboxylic acids is 2. The fraction of sp³-hybridized carbons (Fsp3) is 0.407. The third-order valence-electron chi connectivity index (χ3n) is 6.18. The number of anilines is 1. The number of pyridine rings is 1. The van der Waals surface area contributed by atoms with E-state index < -0.39 is 11.2 Å². The van der Waals surface area contributed by atoms with Gasteiger partial charge in [0.15, 0.2) is 0 Å². The first-order valence-electron chi connectivity index (χ1n) is 12.5. The van der Waals surface area contributed by atoms with Crippen molar-refractivity contribution in [3.63, 3.8) is 0 Å². The fourth-order valence-electron chi connectivity index (χ4n) is 4.33. The predicted molar refractivity (Wildman–Crippen MR) is 148 cm³/mol. The zero-order chi connectivity index (χ0) is 28.8. The highest BCUT2D eigenvalue weighted by Gasteiger charge is 2.29. The number of amides is 2. The minimum Gasteiger partial charge on any atom is -0.483 e. The lowest BCUT2D eigenvalue weighted by Crippen LogP contribution is -2.45. The van der Waals surface area contributed by atoms with Gasteiger partial charge in [-0.25, -0.2) is 4.98 Å². The molecule has 3 rings (SSSR count). The number of hydrogen-bond donors (Lipinski definition) is 4. The summed E-state index contributed by atoms with van der Waals surface area (Å²) in [6, 6.07) is 13.6. The van der Waals surface area contributed by atoms with Gasteiger partial charge in [0.05, 0.1) is 11.1 Å². The van der Waals surface area contributed by atoms with Crippen LogP contribution in [0.5, 0.6) is 0 Å². The molecule has 1 aliphatic heterocycles. The van der Waals surface area contributed by atoms with Gasteiger partial charge in [-0.2, -0.15) is 10.5 Å². The molecule has 0 saturated carbocycles. The van der Waals surface area contributed by atoms with Crippen molar-refractivity contribution in [2.75, 3.05) is 24.5 Å². The molecule has 0 spiro atoms. The summed E-state index contributed by atoms with van der Waals surface area (Å²) in [5.74, 6) is -0.0365. The van der Waals surface area contributed by atoms with E-state index >= 15 is 0 Å². The Labute approximate surface area is 232 Å². The van der Waals surface area contributed by atoms with Gasteiger partial charge in [0.2, 0.25) is 11.8 Å². The summed E-state index contributed by atoms with van der Waals surface area (Å²) in [5.41, 5.74) is 13.2. The second-order valence-electron chi connectivity index (χ2n) is 8.68. The Kier molecular flexibility index (Phi) is 12.7. The third kappa shape index (κ3) is 8.43. The normalized spacial score (nSPS) is 13.7. The molecule has 1 fully saturated rings. The van der Waals surface area contributed by atoms with Crippen LogP contribution in [0.2, 0.25) is 0 Å². The molecule has 1 atom stereocenters. The molecular formula is C27H33N7O4S. The van der Waals surface area contributed by atoms with Crippen molar-refractivity contribution in [3.05, 3.63) is 52.6 Å². The summed E-state index contributed by atoms with van der Waals surface area (Å²) in [6.45, 7) is 3.32. The molecule has 0 bridgehead atoms. The van der Waals surface area contributed by atoms with Gasteiger partial charge in [0.25, 0.3) is 6.47 Å². The molecule has 1 aromatic heterocycles. The van der Waals surface area contributed by atoms with Crippen LogP contribution in [0, 0.1) is 22.7 Å². The highest BCUT2D eigenvalue weighted by atomic mass is 32.2. The lowest BCUT2D eigenvalue weighted by atomic mass is 9.99. The molecule has 1 unspecified atom stereocenters. The Bertz CT molecular complexity index is 1220. The predicted octanol–water partition coefficient (Wildman–Crippen LogP) is 2.23. The molecule has 39 heavy (non-hydrogen) atoms.